The van der Waals surface area contributed by atoms with Crippen LogP contribution in [0.3, 0.4) is 0 Å². The Kier molecular flexibility index (Phi) is 4.91. The molecule has 1 fully saturated rings. The molecule has 6 nitrogen and oxygen atoms in total. The highest BCUT2D eigenvalue weighted by atomic mass is 79.9. The lowest BCUT2D eigenvalue weighted by atomic mass is 10.2. The Morgan fingerprint density at radius 2 is 1.88 bits per heavy atom. The van der Waals surface area contributed by atoms with E-state index in [0.717, 1.165) is 15.4 Å². The van der Waals surface area contributed by atoms with Crippen LogP contribution in [0.5, 0.6) is 0 Å². The zero-order valence-electron chi connectivity index (χ0n) is 12.8. The topological polar surface area (TPSA) is 78.5 Å². The van der Waals surface area contributed by atoms with E-state index in [1.165, 1.54) is 18.2 Å². The molecule has 0 spiro atoms. The van der Waals surface area contributed by atoms with Crippen molar-refractivity contribution in [3.63, 3.8) is 0 Å². The minimum Gasteiger partial charge on any atom is -0.287 e. The highest BCUT2D eigenvalue weighted by molar-refractivity contribution is 9.10. The van der Waals surface area contributed by atoms with Crippen molar-refractivity contribution in [3.8, 4) is 0 Å². The maximum atomic E-state index is 13.1. The van der Waals surface area contributed by atoms with E-state index in [4.69, 9.17) is 0 Å². The summed E-state index contributed by atoms with van der Waals surface area (Å²) in [6.45, 7) is 0. The predicted octanol–water partition coefficient (Wildman–Crippen LogP) is 2.15. The van der Waals surface area contributed by atoms with Crippen LogP contribution in [0.15, 0.2) is 53.0 Å². The zero-order chi connectivity index (χ0) is 18.0. The average molecular weight is 406 g/mol. The van der Waals surface area contributed by atoms with Crippen LogP contribution in [0, 0.1) is 5.82 Å². The molecular weight excluding hydrogens is 393 g/mol. The Labute approximate surface area is 151 Å². The Hall–Kier alpha value is -2.58. The van der Waals surface area contributed by atoms with Crippen LogP contribution in [0.4, 0.5) is 10.1 Å². The minimum atomic E-state index is -0.881. The molecule has 1 atom stereocenters. The summed E-state index contributed by atoms with van der Waals surface area (Å²) in [4.78, 5) is 37.6. The fourth-order valence-corrected chi connectivity index (χ4v) is 2.73. The molecule has 1 heterocycles. The van der Waals surface area contributed by atoms with E-state index < -0.39 is 23.7 Å². The van der Waals surface area contributed by atoms with Gasteiger partial charge in [0.2, 0.25) is 5.91 Å². The number of hydrogen-bond donors (Lipinski definition) is 2. The van der Waals surface area contributed by atoms with Gasteiger partial charge < -0.3 is 0 Å². The number of hydrazine groups is 1. The first-order valence-electron chi connectivity index (χ1n) is 7.39. The molecule has 2 N–H and O–H groups in total. The fraction of sp³-hybridized carbons (Fsp3) is 0.118. The van der Waals surface area contributed by atoms with E-state index in [1.807, 2.05) is 0 Å². The largest absolute Gasteiger partial charge is 0.287 e. The second-order valence-electron chi connectivity index (χ2n) is 5.41. The lowest BCUT2D eigenvalue weighted by Crippen LogP contribution is -2.48. The van der Waals surface area contributed by atoms with Crippen molar-refractivity contribution in [3.05, 3.63) is 64.4 Å². The smallest absolute Gasteiger partial charge is 0.265 e. The number of anilines is 1. The van der Waals surface area contributed by atoms with Crippen LogP contribution >= 0.6 is 15.9 Å². The Morgan fingerprint density at radius 3 is 2.56 bits per heavy atom. The van der Waals surface area contributed by atoms with Crippen molar-refractivity contribution in [1.82, 2.24) is 10.9 Å². The van der Waals surface area contributed by atoms with Gasteiger partial charge in [0, 0.05) is 10.0 Å². The molecule has 0 radical (unpaired) electrons. The third kappa shape index (κ3) is 3.75. The van der Waals surface area contributed by atoms with Gasteiger partial charge in [-0.1, -0.05) is 22.0 Å². The van der Waals surface area contributed by atoms with Crippen molar-refractivity contribution in [1.29, 1.82) is 0 Å². The lowest BCUT2D eigenvalue weighted by Gasteiger charge is -2.16. The summed E-state index contributed by atoms with van der Waals surface area (Å²) in [5, 5.41) is 0. The quantitative estimate of drug-likeness (QED) is 0.603. The SMILES string of the molecule is O=C(NN[C@@H]1CC(=O)N(c2ccc(Br)cc2)C1=O)c1cccc(F)c1. The summed E-state index contributed by atoms with van der Waals surface area (Å²) >= 11 is 3.29. The van der Waals surface area contributed by atoms with Crippen molar-refractivity contribution in [2.24, 2.45) is 0 Å². The van der Waals surface area contributed by atoms with Crippen LogP contribution in [0.2, 0.25) is 0 Å². The maximum Gasteiger partial charge on any atom is 0.265 e. The Balaban J connectivity index is 1.66. The molecule has 0 saturated carbocycles. The highest BCUT2D eigenvalue weighted by Gasteiger charge is 2.39. The average Bonchev–Trinajstić information content (AvgIpc) is 2.87. The van der Waals surface area contributed by atoms with Gasteiger partial charge in [-0.2, -0.15) is 0 Å². The molecule has 0 aliphatic carbocycles. The van der Waals surface area contributed by atoms with Gasteiger partial charge in [-0.15, -0.1) is 0 Å². The second-order valence-corrected chi connectivity index (χ2v) is 6.32. The number of carbonyl (C=O) groups is 3. The monoisotopic (exact) mass is 405 g/mol. The minimum absolute atomic E-state index is 0.0850. The van der Waals surface area contributed by atoms with E-state index in [9.17, 15) is 18.8 Å². The summed E-state index contributed by atoms with van der Waals surface area (Å²) < 4.78 is 14.0. The van der Waals surface area contributed by atoms with Gasteiger partial charge in [0.05, 0.1) is 12.1 Å². The number of imide groups is 1. The molecular formula is C17H13BrFN3O3. The first kappa shape index (κ1) is 17.2. The van der Waals surface area contributed by atoms with Crippen LogP contribution in [-0.2, 0) is 9.59 Å². The molecule has 25 heavy (non-hydrogen) atoms. The molecule has 0 unspecified atom stereocenters. The van der Waals surface area contributed by atoms with E-state index >= 15 is 0 Å². The van der Waals surface area contributed by atoms with E-state index in [-0.39, 0.29) is 17.9 Å². The van der Waals surface area contributed by atoms with Crippen molar-refractivity contribution < 1.29 is 18.8 Å². The summed E-state index contributed by atoms with van der Waals surface area (Å²) in [7, 11) is 0. The van der Waals surface area contributed by atoms with Gasteiger partial charge in [-0.05, 0) is 42.5 Å². The number of rotatable bonds is 4. The van der Waals surface area contributed by atoms with Crippen molar-refractivity contribution in [2.75, 3.05) is 4.90 Å². The van der Waals surface area contributed by atoms with Gasteiger partial charge in [-0.25, -0.2) is 14.7 Å². The standard InChI is InChI=1S/C17H13BrFN3O3/c18-11-4-6-13(7-5-11)22-15(23)9-14(17(22)25)20-21-16(24)10-2-1-3-12(19)8-10/h1-8,14,20H,9H2,(H,21,24)/t14-/m1/s1. The molecule has 1 aliphatic heterocycles. The second kappa shape index (κ2) is 7.12. The molecule has 0 aromatic heterocycles. The molecule has 1 saturated heterocycles. The first-order valence-corrected chi connectivity index (χ1v) is 8.19. The number of nitrogens with one attached hydrogen (secondary N) is 2. The third-order valence-electron chi connectivity index (χ3n) is 3.68. The number of hydrogen-bond acceptors (Lipinski definition) is 4. The van der Waals surface area contributed by atoms with Crippen molar-refractivity contribution in [2.45, 2.75) is 12.5 Å². The van der Waals surface area contributed by atoms with E-state index in [1.54, 1.807) is 24.3 Å². The molecule has 3 amide bonds. The van der Waals surface area contributed by atoms with Crippen LogP contribution in [0.1, 0.15) is 16.8 Å². The highest BCUT2D eigenvalue weighted by Crippen LogP contribution is 2.24. The van der Waals surface area contributed by atoms with Gasteiger partial charge in [0.1, 0.15) is 11.9 Å². The molecule has 8 heteroatoms. The number of amides is 3. The Morgan fingerprint density at radius 1 is 1.16 bits per heavy atom. The molecule has 1 aliphatic rings. The van der Waals surface area contributed by atoms with E-state index in [0.29, 0.717) is 5.69 Å². The first-order chi connectivity index (χ1) is 12.0. The lowest BCUT2D eigenvalue weighted by molar-refractivity contribution is -0.121. The normalized spacial score (nSPS) is 17.0. The summed E-state index contributed by atoms with van der Waals surface area (Å²) in [6, 6.07) is 11.0. The van der Waals surface area contributed by atoms with Crippen molar-refractivity contribution >= 4 is 39.3 Å². The van der Waals surface area contributed by atoms with Crippen LogP contribution in [0.25, 0.3) is 0 Å². The molecule has 3 rings (SSSR count). The summed E-state index contributed by atoms with van der Waals surface area (Å²) in [6.07, 6.45) is -0.0850. The van der Waals surface area contributed by atoms with Crippen LogP contribution < -0.4 is 15.8 Å². The molecule has 2 aromatic carbocycles. The molecule has 0 bridgehead atoms. The van der Waals surface area contributed by atoms with Gasteiger partial charge in [0.25, 0.3) is 11.8 Å². The fourth-order valence-electron chi connectivity index (χ4n) is 2.46. The zero-order valence-corrected chi connectivity index (χ0v) is 14.4. The number of carbonyl (C=O) groups excluding carboxylic acids is 3. The number of benzene rings is 2. The number of halogens is 2. The summed E-state index contributed by atoms with van der Waals surface area (Å²) in [5.74, 6) is -1.97. The van der Waals surface area contributed by atoms with Gasteiger partial charge in [0.15, 0.2) is 0 Å². The number of nitrogens with zero attached hydrogens (tertiary/aromatic N) is 1. The van der Waals surface area contributed by atoms with Gasteiger partial charge >= 0.3 is 0 Å². The van der Waals surface area contributed by atoms with Gasteiger partial charge in [-0.3, -0.25) is 19.8 Å². The Bertz CT molecular complexity index is 841. The summed E-state index contributed by atoms with van der Waals surface area (Å²) in [5.41, 5.74) is 5.45. The molecule has 128 valence electrons. The van der Waals surface area contributed by atoms with Crippen LogP contribution in [-0.4, -0.2) is 23.8 Å². The molecule has 2 aromatic rings. The van der Waals surface area contributed by atoms with E-state index in [2.05, 4.69) is 26.8 Å². The maximum absolute atomic E-state index is 13.1. The third-order valence-corrected chi connectivity index (χ3v) is 4.21. The predicted molar refractivity (Wildman–Crippen MR) is 92.0 cm³/mol.